The molecule has 4 aliphatic heterocycles. The normalized spacial score (nSPS) is 32.2. The average Bonchev–Trinajstić information content (AvgIpc) is 4.01. The summed E-state index contributed by atoms with van der Waals surface area (Å²) in [6.45, 7) is -4.98. The number of fused-ring (bicyclic) bond motifs is 1. The number of nitrogens with one attached hydrogen (secondary N) is 3. The summed E-state index contributed by atoms with van der Waals surface area (Å²) in [5.74, 6) is -0.768. The molecule has 17 N–H and O–H groups in total. The van der Waals surface area contributed by atoms with Crippen molar-refractivity contribution in [1.82, 2.24) is 48.2 Å². The van der Waals surface area contributed by atoms with Gasteiger partial charge in [-0.25, -0.2) is 37.6 Å². The predicted octanol–water partition coefficient (Wildman–Crippen LogP) is -7.35. The van der Waals surface area contributed by atoms with Crippen LogP contribution in [0.25, 0.3) is 11.2 Å². The molecule has 0 spiro atoms. The van der Waals surface area contributed by atoms with Crippen molar-refractivity contribution in [3.63, 3.8) is 0 Å². The van der Waals surface area contributed by atoms with Crippen molar-refractivity contribution in [2.75, 3.05) is 37.9 Å². The number of phosphoric acid groups is 4. The summed E-state index contributed by atoms with van der Waals surface area (Å²) in [5, 5.41) is 55.6. The first kappa shape index (κ1) is 62.8. The van der Waals surface area contributed by atoms with Crippen LogP contribution in [0.4, 0.5) is 11.8 Å². The van der Waals surface area contributed by atoms with Gasteiger partial charge < -0.3 is 80.4 Å². The Kier molecular flexibility index (Phi) is 18.1. The number of hydrogen-bond acceptors (Lipinski definition) is 31. The van der Waals surface area contributed by atoms with E-state index in [1.54, 1.807) is 0 Å². The highest BCUT2D eigenvalue weighted by atomic mass is 31.2. The Labute approximate surface area is 462 Å². The summed E-state index contributed by atoms with van der Waals surface area (Å²) in [6, 6.07) is 2.71. The largest absolute Gasteiger partial charge is 0.472 e. The Morgan fingerprint density at radius 1 is 0.512 bits per heavy atom. The Morgan fingerprint density at radius 2 is 0.917 bits per heavy atom. The summed E-state index contributed by atoms with van der Waals surface area (Å²) < 4.78 is 113. The molecule has 9 rings (SSSR count). The molecule has 0 radical (unpaired) electrons. The monoisotopic (exact) mass is 1280 g/mol. The van der Waals surface area contributed by atoms with E-state index in [1.165, 1.54) is 0 Å². The third-order valence-electron chi connectivity index (χ3n) is 12.7. The average molecular weight is 1280 g/mol. The number of aliphatic hydroxyl groups excluding tert-OH is 5. The van der Waals surface area contributed by atoms with Gasteiger partial charge >= 0.3 is 48.4 Å². The van der Waals surface area contributed by atoms with Gasteiger partial charge in [-0.3, -0.25) is 79.3 Å². The first-order chi connectivity index (χ1) is 39.3. The first-order valence-corrected chi connectivity index (χ1v) is 29.7. The van der Waals surface area contributed by atoms with Gasteiger partial charge in [-0.1, -0.05) is 0 Å². The lowest BCUT2D eigenvalue weighted by atomic mass is 10.1. The van der Waals surface area contributed by atoms with E-state index in [2.05, 4.69) is 24.5 Å². The third-order valence-corrected chi connectivity index (χ3v) is 16.2. The van der Waals surface area contributed by atoms with Gasteiger partial charge in [0.05, 0.1) is 32.8 Å². The molecule has 19 atom stereocenters. The van der Waals surface area contributed by atoms with E-state index in [-0.39, 0.29) is 17.0 Å². The van der Waals surface area contributed by atoms with Crippen LogP contribution in [0.15, 0.2) is 71.9 Å². The number of nitrogen functional groups attached to an aromatic ring is 2. The number of anilines is 2. The van der Waals surface area contributed by atoms with E-state index in [1.807, 2.05) is 9.97 Å². The van der Waals surface area contributed by atoms with E-state index in [0.717, 1.165) is 47.7 Å². The highest BCUT2D eigenvalue weighted by molar-refractivity contribution is 7.48. The Balaban J connectivity index is 0.921. The number of imidazole rings is 1. The fourth-order valence-electron chi connectivity index (χ4n) is 8.97. The van der Waals surface area contributed by atoms with E-state index >= 15 is 0 Å². The number of nitrogens with two attached hydrogens (primary N) is 2. The molecule has 0 bridgehead atoms. The lowest BCUT2D eigenvalue weighted by Crippen LogP contribution is -2.39. The molecule has 462 valence electrons. The molecule has 0 aliphatic carbocycles. The van der Waals surface area contributed by atoms with Crippen molar-refractivity contribution < 1.29 is 119 Å². The van der Waals surface area contributed by atoms with Crippen molar-refractivity contribution >= 4 is 54.2 Å². The number of ether oxygens (including phenoxy) is 4. The van der Waals surface area contributed by atoms with Crippen molar-refractivity contribution in [1.29, 1.82) is 0 Å². The van der Waals surface area contributed by atoms with Crippen molar-refractivity contribution in [3.05, 3.63) is 106 Å². The summed E-state index contributed by atoms with van der Waals surface area (Å²) in [7, 11) is -22.5. The zero-order chi connectivity index (χ0) is 61.1. The van der Waals surface area contributed by atoms with E-state index < -0.39 is 196 Å². The fraction of sp³-hybridized carbons (Fsp3) is 0.541. The topological polar surface area (TPSA) is 632 Å². The molecule has 43 nitrogen and oxygen atoms in total. The fourth-order valence-corrected chi connectivity index (χ4v) is 12.2. The molecule has 4 saturated heterocycles. The van der Waals surface area contributed by atoms with Crippen molar-refractivity contribution in [2.24, 2.45) is 0 Å². The minimum atomic E-state index is -5.83. The van der Waals surface area contributed by atoms with E-state index in [4.69, 9.17) is 57.6 Å². The molecule has 4 aliphatic rings. The third kappa shape index (κ3) is 13.8. The van der Waals surface area contributed by atoms with Crippen LogP contribution in [0.1, 0.15) is 24.9 Å². The highest BCUT2D eigenvalue weighted by Gasteiger charge is 2.55. The molecule has 47 heteroatoms. The Bertz CT molecular complexity index is 3830. The maximum absolute atomic E-state index is 13.9. The van der Waals surface area contributed by atoms with Crippen LogP contribution in [0.2, 0.25) is 0 Å². The first-order valence-electron chi connectivity index (χ1n) is 23.7. The van der Waals surface area contributed by atoms with Crippen LogP contribution in [0.5, 0.6) is 0 Å². The van der Waals surface area contributed by atoms with Gasteiger partial charge in [0.15, 0.2) is 36.1 Å². The summed E-state index contributed by atoms with van der Waals surface area (Å²) >= 11 is 0. The molecule has 3 unspecified atom stereocenters. The SMILES string of the molecule is Nc1ccn([C@@H]2O[C@H](COP(=O)(O)O[C@H]3[C@@H](O)[C@H](n4cnc5c(=O)[nH]c(N)nc54)O[C@@H]3COP(=O)(O)O)[C@@H](OP(=O)(O)OC[C@H]3O[C@@H](n4ccc(=O)[nH]c4=O)[C@H](O)[C@@H]3OP(=O)(O)OC[C@H]3O[C@@H](n4ccc(=O)[nH]c4=O)[C@H](O)[C@@H]3O)[C@H]2O)c(=O)n1. The summed E-state index contributed by atoms with van der Waals surface area (Å²) in [6.07, 6.45) is -28.8. The van der Waals surface area contributed by atoms with Gasteiger partial charge in [-0.2, -0.15) is 9.97 Å². The second-order valence-corrected chi connectivity index (χ2v) is 23.8. The lowest BCUT2D eigenvalue weighted by Gasteiger charge is -2.26. The molecule has 4 fully saturated rings. The van der Waals surface area contributed by atoms with Crippen LogP contribution < -0.4 is 45.2 Å². The summed E-state index contributed by atoms with van der Waals surface area (Å²) in [4.78, 5) is 143. The second kappa shape index (κ2) is 24.2. The van der Waals surface area contributed by atoms with Crippen LogP contribution in [0, 0.1) is 0 Å². The zero-order valence-corrected chi connectivity index (χ0v) is 45.3. The molecule has 0 saturated carbocycles. The van der Waals surface area contributed by atoms with Gasteiger partial charge in [0.2, 0.25) is 5.95 Å². The van der Waals surface area contributed by atoms with Gasteiger partial charge in [0.25, 0.3) is 16.7 Å². The maximum Gasteiger partial charge on any atom is 0.472 e. The molecule has 0 amide bonds. The number of hydrogen-bond donors (Lipinski definition) is 15. The number of phosphoric ester groups is 4. The minimum absolute atomic E-state index is 0.315. The molecule has 0 aromatic carbocycles. The van der Waals surface area contributed by atoms with Gasteiger partial charge in [-0.05, 0) is 6.07 Å². The van der Waals surface area contributed by atoms with Gasteiger partial charge in [0, 0.05) is 30.7 Å². The number of H-pyrrole nitrogens is 3. The minimum Gasteiger partial charge on any atom is -0.387 e. The smallest absolute Gasteiger partial charge is 0.387 e. The molecular formula is C37H48N12O31P4. The standard InChI is InChI=1S/C37H48N12O31P4/c38-16-1-4-46(35(58)41-16)31-22(54)26(14(75-31)9-72-83(66,67)78-25-13(8-70-81(61,62)63)77-33(24(25)56)49-11-40-19-28(49)44-34(39)45-29(19)57)80-84(68,69)73-10-15-27(23(55)32(76-15)48-6-3-18(51)43-37(48)60)79-82(64,65)71-7-12-20(52)21(53)30(74-12)47-5-2-17(50)42-36(47)59/h1-6,11-15,20-27,30-33,52-56H,7-10H2,(H,64,65)(H,66,67)(H,68,69)(H2,38,41,58)(H,42,50,59)(H,43,51,60)(H2,61,62,63)(H3,39,44,45,57)/t12-,13-,14-,15-,20-,21-,22-,23-,24-,25-,26-,27-,30-,31-,32-,33-/m1/s1. The number of rotatable bonds is 22. The van der Waals surface area contributed by atoms with Crippen LogP contribution in [-0.4, -0.2) is 198 Å². The summed E-state index contributed by atoms with van der Waals surface area (Å²) in [5.41, 5.74) is 4.45. The maximum atomic E-state index is 13.9. The van der Waals surface area contributed by atoms with E-state index in [0.29, 0.717) is 13.7 Å². The number of aliphatic hydroxyl groups is 5. The predicted molar refractivity (Wildman–Crippen MR) is 264 cm³/mol. The van der Waals surface area contributed by atoms with Crippen LogP contribution >= 0.6 is 31.3 Å². The molecule has 5 aromatic heterocycles. The number of aromatic amines is 3. The van der Waals surface area contributed by atoms with Crippen molar-refractivity contribution in [2.45, 2.75) is 98.2 Å². The second-order valence-electron chi connectivity index (χ2n) is 18.4. The molecule has 84 heavy (non-hydrogen) atoms. The number of aromatic nitrogens is 10. The molecule has 5 aromatic rings. The van der Waals surface area contributed by atoms with Crippen molar-refractivity contribution in [3.8, 4) is 0 Å². The molecular weight excluding hydrogens is 1230 g/mol. The number of nitrogens with zero attached hydrogens (tertiary/aromatic N) is 7. The zero-order valence-electron chi connectivity index (χ0n) is 41.7. The van der Waals surface area contributed by atoms with Gasteiger partial charge in [-0.15, -0.1) is 0 Å². The molecule has 9 heterocycles. The van der Waals surface area contributed by atoms with Crippen LogP contribution in [-0.2, 0) is 68.9 Å². The quantitative estimate of drug-likeness (QED) is 0.0286. The highest BCUT2D eigenvalue weighted by Crippen LogP contribution is 2.54. The Hall–Kier alpha value is -5.73. The Morgan fingerprint density at radius 3 is 1.37 bits per heavy atom. The van der Waals surface area contributed by atoms with Crippen LogP contribution in [0.3, 0.4) is 0 Å². The van der Waals surface area contributed by atoms with Gasteiger partial charge in [0.1, 0.15) is 79.1 Å². The lowest BCUT2D eigenvalue weighted by molar-refractivity contribution is -0.0656. The van der Waals surface area contributed by atoms with E-state index in [9.17, 15) is 97.0 Å².